The van der Waals surface area contributed by atoms with Crippen molar-refractivity contribution in [2.24, 2.45) is 17.0 Å². The Bertz CT molecular complexity index is 364. The van der Waals surface area contributed by atoms with Crippen molar-refractivity contribution in [2.45, 2.75) is 46.2 Å². The Morgan fingerprint density at radius 2 is 1.73 bits per heavy atom. The van der Waals surface area contributed by atoms with Crippen LogP contribution >= 0.6 is 0 Å². The third-order valence-corrected chi connectivity index (χ3v) is 3.58. The van der Waals surface area contributed by atoms with Crippen molar-refractivity contribution < 1.29 is 19.0 Å². The molecule has 5 nitrogen and oxygen atoms in total. The first kappa shape index (κ1) is 18.9. The van der Waals surface area contributed by atoms with E-state index in [1.165, 1.54) is 0 Å². The highest BCUT2D eigenvalue weighted by atomic mass is 16.8. The first-order chi connectivity index (χ1) is 10.7. The smallest absolute Gasteiger partial charge is 0.230 e. The lowest BCUT2D eigenvalue weighted by Gasteiger charge is -2.37. The van der Waals surface area contributed by atoms with Crippen LogP contribution in [0.3, 0.4) is 0 Å². The number of hydrogen-bond donors (Lipinski definition) is 0. The molecule has 0 aliphatic carbocycles. The minimum Gasteiger partial charge on any atom is -0.363 e. The lowest BCUT2D eigenvalue weighted by atomic mass is 9.81. The molecule has 0 N–H and O–H groups in total. The number of allylic oxidation sites excluding steroid dienone is 2. The van der Waals surface area contributed by atoms with Crippen LogP contribution in [-0.4, -0.2) is 38.1 Å². The second kappa shape index (κ2) is 10.5. The van der Waals surface area contributed by atoms with E-state index in [9.17, 15) is 0 Å². The van der Waals surface area contributed by atoms with Gasteiger partial charge in [0.1, 0.15) is 5.71 Å². The van der Waals surface area contributed by atoms with Crippen LogP contribution in [0, 0.1) is 11.8 Å². The van der Waals surface area contributed by atoms with Crippen LogP contribution in [0.25, 0.3) is 0 Å². The van der Waals surface area contributed by atoms with Crippen LogP contribution in [0.2, 0.25) is 0 Å². The van der Waals surface area contributed by atoms with Gasteiger partial charge in [-0.15, -0.1) is 13.2 Å². The maximum Gasteiger partial charge on any atom is 0.230 e. The van der Waals surface area contributed by atoms with Crippen LogP contribution in [-0.2, 0) is 19.0 Å². The summed E-state index contributed by atoms with van der Waals surface area (Å²) in [5.41, 5.74) is 0.770. The molecule has 0 spiro atoms. The van der Waals surface area contributed by atoms with Gasteiger partial charge in [-0.3, -0.25) is 0 Å². The van der Waals surface area contributed by atoms with E-state index >= 15 is 0 Å². The summed E-state index contributed by atoms with van der Waals surface area (Å²) in [5, 5.41) is 4.26. The third-order valence-electron chi connectivity index (χ3n) is 3.58. The van der Waals surface area contributed by atoms with Gasteiger partial charge in [0, 0.05) is 31.7 Å². The second-order valence-electron chi connectivity index (χ2n) is 5.01. The van der Waals surface area contributed by atoms with Crippen molar-refractivity contribution in [1.29, 1.82) is 0 Å². The molecule has 0 bridgehead atoms. The summed E-state index contributed by atoms with van der Waals surface area (Å²) < 4.78 is 17.1. The fourth-order valence-corrected chi connectivity index (χ4v) is 2.67. The van der Waals surface area contributed by atoms with Crippen molar-refractivity contribution in [3.8, 4) is 0 Å². The maximum atomic E-state index is 5.69. The molecule has 126 valence electrons. The Balaban J connectivity index is 3.05. The molecule has 1 rings (SSSR count). The molecule has 1 aliphatic heterocycles. The second-order valence-corrected chi connectivity index (χ2v) is 5.01. The Morgan fingerprint density at radius 3 is 2.23 bits per heavy atom. The van der Waals surface area contributed by atoms with Crippen LogP contribution in [0.5, 0.6) is 0 Å². The molecule has 0 saturated carbocycles. The zero-order chi connectivity index (χ0) is 16.4. The number of rotatable bonds is 11. The minimum atomic E-state index is -0.491. The van der Waals surface area contributed by atoms with Crippen molar-refractivity contribution in [1.82, 2.24) is 0 Å². The molecular formula is C17H29NO4. The molecule has 0 unspecified atom stereocenters. The van der Waals surface area contributed by atoms with E-state index in [1.807, 2.05) is 32.9 Å². The first-order valence-electron chi connectivity index (χ1n) is 8.03. The normalized spacial score (nSPS) is 24.7. The van der Waals surface area contributed by atoms with Gasteiger partial charge in [-0.1, -0.05) is 17.3 Å². The highest BCUT2D eigenvalue weighted by molar-refractivity contribution is 5.90. The average Bonchev–Trinajstić information content (AvgIpc) is 2.51. The van der Waals surface area contributed by atoms with Crippen LogP contribution < -0.4 is 0 Å². The minimum absolute atomic E-state index is 0.101. The molecule has 0 aromatic rings. The first-order valence-corrected chi connectivity index (χ1v) is 8.03. The van der Waals surface area contributed by atoms with Gasteiger partial charge in [-0.2, -0.15) is 0 Å². The van der Waals surface area contributed by atoms with Crippen molar-refractivity contribution in [3.63, 3.8) is 0 Å². The van der Waals surface area contributed by atoms with Gasteiger partial charge in [-0.25, -0.2) is 0 Å². The molecule has 1 heterocycles. The zero-order valence-electron chi connectivity index (χ0n) is 14.0. The molecule has 0 aromatic heterocycles. The third kappa shape index (κ3) is 4.93. The zero-order valence-corrected chi connectivity index (χ0v) is 14.0. The largest absolute Gasteiger partial charge is 0.363 e. The van der Waals surface area contributed by atoms with E-state index in [-0.39, 0.29) is 18.1 Å². The van der Waals surface area contributed by atoms with Crippen LogP contribution in [0.1, 0.15) is 33.6 Å². The topological polar surface area (TPSA) is 49.3 Å². The Kier molecular flexibility index (Phi) is 9.04. The summed E-state index contributed by atoms with van der Waals surface area (Å²) in [4.78, 5) is 5.57. The van der Waals surface area contributed by atoms with Gasteiger partial charge < -0.3 is 19.0 Å². The fourth-order valence-electron chi connectivity index (χ4n) is 2.67. The summed E-state index contributed by atoms with van der Waals surface area (Å²) in [6.45, 7) is 15.2. The number of oxime groups is 1. The molecule has 0 saturated heterocycles. The molecule has 3 atom stereocenters. The van der Waals surface area contributed by atoms with Crippen LogP contribution in [0.15, 0.2) is 30.5 Å². The van der Waals surface area contributed by atoms with E-state index in [0.29, 0.717) is 19.8 Å². The standard InChI is InChI=1S/C17H29NO4/c1-6-11-13-14(12-7-2)16(19-8-3)22-18-15(13)17(20-9-4)21-10-5/h6-7,13-14,16-17H,1-2,8-12H2,3-5H3/t13-,14-,16-/m1/s1. The molecule has 1 aliphatic rings. The van der Waals surface area contributed by atoms with E-state index in [4.69, 9.17) is 19.0 Å². The summed E-state index contributed by atoms with van der Waals surface area (Å²) in [7, 11) is 0. The van der Waals surface area contributed by atoms with Gasteiger partial charge in [-0.05, 0) is 33.6 Å². The summed E-state index contributed by atoms with van der Waals surface area (Å²) in [6, 6.07) is 0. The number of hydrogen-bond acceptors (Lipinski definition) is 5. The highest BCUT2D eigenvalue weighted by Crippen LogP contribution is 2.33. The van der Waals surface area contributed by atoms with Gasteiger partial charge in [0.05, 0.1) is 0 Å². The van der Waals surface area contributed by atoms with E-state index in [2.05, 4.69) is 18.3 Å². The molecule has 5 heteroatoms. The quantitative estimate of drug-likeness (QED) is 0.433. The van der Waals surface area contributed by atoms with Crippen molar-refractivity contribution in [2.75, 3.05) is 19.8 Å². The van der Waals surface area contributed by atoms with Gasteiger partial charge in [0.25, 0.3) is 0 Å². The maximum absolute atomic E-state index is 5.69. The average molecular weight is 311 g/mol. The number of ether oxygens (including phenoxy) is 3. The van der Waals surface area contributed by atoms with Gasteiger partial charge in [0.2, 0.25) is 12.6 Å². The summed E-state index contributed by atoms with van der Waals surface area (Å²) >= 11 is 0. The molecule has 0 radical (unpaired) electrons. The van der Waals surface area contributed by atoms with E-state index in [0.717, 1.165) is 18.6 Å². The molecular weight excluding hydrogens is 282 g/mol. The van der Waals surface area contributed by atoms with Crippen LogP contribution in [0.4, 0.5) is 0 Å². The van der Waals surface area contributed by atoms with Gasteiger partial charge in [0.15, 0.2) is 0 Å². The number of nitrogens with zero attached hydrogens (tertiary/aromatic N) is 1. The predicted octanol–water partition coefficient (Wildman–Crippen LogP) is 3.52. The molecule has 22 heavy (non-hydrogen) atoms. The summed E-state index contributed by atoms with van der Waals surface area (Å²) in [6.07, 6.45) is 4.44. The predicted molar refractivity (Wildman–Crippen MR) is 87.6 cm³/mol. The fraction of sp³-hybridized carbons (Fsp3) is 0.706. The lowest BCUT2D eigenvalue weighted by Crippen LogP contribution is -2.45. The SMILES string of the molecule is C=CC[C@H]1[C@H](OCC)ON=C(C(OCC)OCC)[C@@H]1CC=C. The van der Waals surface area contributed by atoms with E-state index in [1.54, 1.807) is 0 Å². The lowest BCUT2D eigenvalue weighted by molar-refractivity contribution is -0.190. The molecule has 0 fully saturated rings. The molecule has 0 aromatic carbocycles. The Hall–Kier alpha value is -1.17. The highest BCUT2D eigenvalue weighted by Gasteiger charge is 2.40. The van der Waals surface area contributed by atoms with Gasteiger partial charge >= 0.3 is 0 Å². The van der Waals surface area contributed by atoms with Crippen molar-refractivity contribution >= 4 is 5.71 Å². The van der Waals surface area contributed by atoms with Crippen molar-refractivity contribution in [3.05, 3.63) is 25.3 Å². The Labute approximate surface area is 133 Å². The van der Waals surface area contributed by atoms with E-state index < -0.39 is 6.29 Å². The Morgan fingerprint density at radius 1 is 1.09 bits per heavy atom. The molecule has 0 amide bonds. The monoisotopic (exact) mass is 311 g/mol. The summed E-state index contributed by atoms with van der Waals surface area (Å²) in [5.74, 6) is 0.218.